The molecule has 0 unspecified atom stereocenters. The van der Waals surface area contributed by atoms with Crippen molar-refractivity contribution in [2.75, 3.05) is 0 Å². The number of ether oxygens (including phenoxy) is 1. The monoisotopic (exact) mass is 666 g/mol. The average Bonchev–Trinajstić information content (AvgIpc) is 3.36. The first-order valence-corrected chi connectivity index (χ1v) is 14.1. The summed E-state index contributed by atoms with van der Waals surface area (Å²) >= 11 is 0. The minimum Gasteiger partial charge on any atom is -0.508 e. The SMILES string of the molecule is O=C1/C(=C\c2ccc(O)c(O)c2)Oc2cc(O)ccc21.O=c1c(O)c(-c2ccc(O)cc2)oc2cc(O)cc(O)c12.Oc1ccc(O)cc1. The number of fused-ring (bicyclic) bond motifs is 2. The number of carbonyl (C=O) groups excluding carboxylic acids is 1. The van der Waals surface area contributed by atoms with Crippen LogP contribution in [0.2, 0.25) is 0 Å². The van der Waals surface area contributed by atoms with Gasteiger partial charge in [-0.1, -0.05) is 6.07 Å². The van der Waals surface area contributed by atoms with Gasteiger partial charge in [-0.15, -0.1) is 0 Å². The van der Waals surface area contributed by atoms with Gasteiger partial charge in [0.15, 0.2) is 23.0 Å². The van der Waals surface area contributed by atoms with E-state index < -0.39 is 16.9 Å². The maximum absolute atomic E-state index is 12.1. The third-order valence-electron chi connectivity index (χ3n) is 6.87. The van der Waals surface area contributed by atoms with E-state index >= 15 is 0 Å². The number of phenols is 8. The quantitative estimate of drug-likeness (QED) is 0.0604. The first-order valence-electron chi connectivity index (χ1n) is 14.1. The molecule has 0 aliphatic carbocycles. The third-order valence-corrected chi connectivity index (χ3v) is 6.87. The number of phenolic OH excluding ortho intramolecular Hbond substituents is 8. The smallest absolute Gasteiger partial charge is 0.238 e. The fraction of sp³-hybridized carbons (Fsp3) is 0. The summed E-state index contributed by atoms with van der Waals surface area (Å²) in [4.78, 5) is 24.2. The normalized spacial score (nSPS) is 12.3. The molecule has 0 saturated heterocycles. The number of hydrogen-bond acceptors (Lipinski definition) is 13. The Bertz CT molecular complexity index is 2250. The Hall–Kier alpha value is -7.28. The highest BCUT2D eigenvalue weighted by Crippen LogP contribution is 2.36. The van der Waals surface area contributed by atoms with E-state index in [1.54, 1.807) is 6.07 Å². The van der Waals surface area contributed by atoms with Gasteiger partial charge in [-0.3, -0.25) is 9.59 Å². The van der Waals surface area contributed by atoms with Gasteiger partial charge in [0.2, 0.25) is 17.0 Å². The van der Waals surface area contributed by atoms with E-state index in [0.717, 1.165) is 6.07 Å². The van der Waals surface area contributed by atoms with Gasteiger partial charge in [0, 0.05) is 23.8 Å². The second-order valence-electron chi connectivity index (χ2n) is 10.4. The second kappa shape index (κ2) is 13.6. The van der Waals surface area contributed by atoms with Crippen LogP contribution in [-0.4, -0.2) is 51.7 Å². The first kappa shape index (κ1) is 33.1. The number of aromatic hydroxyl groups is 9. The lowest BCUT2D eigenvalue weighted by Gasteiger charge is -2.07. The molecule has 1 aliphatic rings. The summed E-state index contributed by atoms with van der Waals surface area (Å²) < 4.78 is 10.8. The minimum atomic E-state index is -0.808. The van der Waals surface area contributed by atoms with Crippen LogP contribution in [0.25, 0.3) is 28.4 Å². The molecule has 5 aromatic carbocycles. The number of carbonyl (C=O) groups is 1. The molecule has 0 spiro atoms. The van der Waals surface area contributed by atoms with Gasteiger partial charge >= 0.3 is 0 Å². The summed E-state index contributed by atoms with van der Waals surface area (Å²) in [5, 5.41) is 83.4. The lowest BCUT2D eigenvalue weighted by molar-refractivity contribution is 0.101. The molecule has 13 nitrogen and oxygen atoms in total. The molecule has 1 aliphatic heterocycles. The van der Waals surface area contributed by atoms with Gasteiger partial charge in [-0.2, -0.15) is 0 Å². The molecule has 6 aromatic rings. The predicted molar refractivity (Wildman–Crippen MR) is 175 cm³/mol. The summed E-state index contributed by atoms with van der Waals surface area (Å²) in [6.07, 6.45) is 1.46. The molecule has 1 aromatic heterocycles. The fourth-order valence-corrected chi connectivity index (χ4v) is 4.49. The molecule has 0 bridgehead atoms. The van der Waals surface area contributed by atoms with E-state index in [0.29, 0.717) is 22.4 Å². The molecule has 13 heteroatoms. The minimum absolute atomic E-state index is 0.0140. The van der Waals surface area contributed by atoms with E-state index in [2.05, 4.69) is 0 Å². The molecule has 2 heterocycles. The highest BCUT2D eigenvalue weighted by Gasteiger charge is 2.27. The number of Topliss-reactive ketones (excluding diaryl/α,β-unsaturated/α-hetero) is 1. The van der Waals surface area contributed by atoms with Crippen molar-refractivity contribution in [2.45, 2.75) is 0 Å². The first-order chi connectivity index (χ1) is 23.3. The van der Waals surface area contributed by atoms with Crippen molar-refractivity contribution in [2.24, 2.45) is 0 Å². The molecule has 0 amide bonds. The molecule has 9 N–H and O–H groups in total. The van der Waals surface area contributed by atoms with Crippen molar-refractivity contribution < 1.29 is 59.9 Å². The highest BCUT2D eigenvalue weighted by molar-refractivity contribution is 6.14. The zero-order chi connectivity index (χ0) is 35.4. The molecular weight excluding hydrogens is 640 g/mol. The Morgan fingerprint density at radius 2 is 1.12 bits per heavy atom. The molecular formula is C36H26O13. The summed E-state index contributed by atoms with van der Waals surface area (Å²) in [5.74, 6) is -1.57. The summed E-state index contributed by atoms with van der Waals surface area (Å²) in [5.41, 5.74) is 0.389. The van der Waals surface area contributed by atoms with Gasteiger partial charge in [0.25, 0.3) is 0 Å². The van der Waals surface area contributed by atoms with Crippen LogP contribution in [0, 0.1) is 0 Å². The van der Waals surface area contributed by atoms with Gasteiger partial charge in [0.05, 0.1) is 5.56 Å². The molecule has 0 fully saturated rings. The molecule has 248 valence electrons. The zero-order valence-electron chi connectivity index (χ0n) is 25.0. The number of benzene rings is 5. The largest absolute Gasteiger partial charge is 0.508 e. The van der Waals surface area contributed by atoms with E-state index in [1.165, 1.54) is 91.0 Å². The Labute approximate surface area is 275 Å². The number of hydrogen-bond donors (Lipinski definition) is 9. The van der Waals surface area contributed by atoms with Crippen molar-refractivity contribution in [1.29, 1.82) is 0 Å². The van der Waals surface area contributed by atoms with Crippen molar-refractivity contribution in [3.05, 3.63) is 124 Å². The van der Waals surface area contributed by atoms with Crippen molar-refractivity contribution in [3.63, 3.8) is 0 Å². The van der Waals surface area contributed by atoms with Crippen molar-refractivity contribution in [1.82, 2.24) is 0 Å². The van der Waals surface area contributed by atoms with E-state index in [4.69, 9.17) is 19.4 Å². The van der Waals surface area contributed by atoms with Gasteiger partial charge in [-0.05, 0) is 84.4 Å². The summed E-state index contributed by atoms with van der Waals surface area (Å²) in [6.45, 7) is 0. The summed E-state index contributed by atoms with van der Waals surface area (Å²) in [7, 11) is 0. The maximum Gasteiger partial charge on any atom is 0.238 e. The topological polar surface area (TPSA) is 239 Å². The highest BCUT2D eigenvalue weighted by atomic mass is 16.5. The number of rotatable bonds is 2. The molecule has 0 saturated carbocycles. The van der Waals surface area contributed by atoms with Crippen LogP contribution in [-0.2, 0) is 0 Å². The van der Waals surface area contributed by atoms with Crippen molar-refractivity contribution >= 4 is 22.8 Å². The maximum atomic E-state index is 12.1. The Morgan fingerprint density at radius 1 is 0.531 bits per heavy atom. The van der Waals surface area contributed by atoms with E-state index in [-0.39, 0.29) is 68.5 Å². The van der Waals surface area contributed by atoms with Gasteiger partial charge in [-0.25, -0.2) is 0 Å². The Morgan fingerprint density at radius 3 is 1.73 bits per heavy atom. The standard InChI is InChI=1S/C15H10O6.C15H10O5.C6H6O2/c16-8-3-1-7(2-4-8)15-14(20)13(19)12-10(18)5-9(17)6-11(12)21-15;16-9-2-3-10-13(7-9)20-14(15(10)19)6-8-1-4-11(17)12(18)5-8;7-5-1-2-6(8)4-3-5/h1-6,16-18,20H;1-7,16-18H;1-4,7-8H/b;14-6+;. The average molecular weight is 667 g/mol. The zero-order valence-corrected chi connectivity index (χ0v) is 25.0. The third kappa shape index (κ3) is 7.42. The molecule has 0 radical (unpaired) electrons. The molecule has 0 atom stereocenters. The van der Waals surface area contributed by atoms with Crippen LogP contribution in [0.15, 0.2) is 112 Å². The van der Waals surface area contributed by atoms with Gasteiger partial charge < -0.3 is 55.1 Å². The summed E-state index contributed by atoms with van der Waals surface area (Å²) in [6, 6.07) is 22.0. The van der Waals surface area contributed by atoms with Crippen LogP contribution in [0.1, 0.15) is 15.9 Å². The van der Waals surface area contributed by atoms with Crippen LogP contribution < -0.4 is 10.2 Å². The Balaban J connectivity index is 0.000000157. The van der Waals surface area contributed by atoms with Crippen LogP contribution in [0.3, 0.4) is 0 Å². The van der Waals surface area contributed by atoms with E-state index in [9.17, 15) is 45.3 Å². The Kier molecular flexibility index (Phi) is 9.19. The number of allylic oxidation sites excluding steroid dienone is 1. The van der Waals surface area contributed by atoms with Gasteiger partial charge in [0.1, 0.15) is 51.2 Å². The van der Waals surface area contributed by atoms with E-state index in [1.807, 2.05) is 0 Å². The number of ketones is 1. The fourth-order valence-electron chi connectivity index (χ4n) is 4.49. The predicted octanol–water partition coefficient (Wildman–Crippen LogP) is 5.80. The van der Waals surface area contributed by atoms with Crippen LogP contribution >= 0.6 is 0 Å². The lowest BCUT2D eigenvalue weighted by atomic mass is 10.1. The molecule has 7 rings (SSSR count). The molecule has 49 heavy (non-hydrogen) atoms. The van der Waals surface area contributed by atoms with Crippen LogP contribution in [0.4, 0.5) is 0 Å². The van der Waals surface area contributed by atoms with Crippen LogP contribution in [0.5, 0.6) is 57.5 Å². The second-order valence-corrected chi connectivity index (χ2v) is 10.4. The lowest BCUT2D eigenvalue weighted by Crippen LogP contribution is -2.02. The van der Waals surface area contributed by atoms with Crippen molar-refractivity contribution in [3.8, 4) is 68.8 Å².